The number of nitrogens with two attached hydrogens (primary N) is 2. The first kappa shape index (κ1) is 16.2. The summed E-state index contributed by atoms with van der Waals surface area (Å²) >= 11 is 9.02. The van der Waals surface area contributed by atoms with E-state index in [1.165, 1.54) is 12.1 Å². The van der Waals surface area contributed by atoms with Crippen molar-refractivity contribution in [3.63, 3.8) is 0 Å². The number of primary sulfonamides is 1. The lowest BCUT2D eigenvalue weighted by Crippen LogP contribution is -2.33. The van der Waals surface area contributed by atoms with E-state index in [4.69, 9.17) is 27.2 Å². The minimum absolute atomic E-state index is 0.0121. The van der Waals surface area contributed by atoms with Crippen LogP contribution >= 0.6 is 27.5 Å². The molecule has 6 nitrogen and oxygen atoms in total. The molecule has 1 atom stereocenters. The van der Waals surface area contributed by atoms with Gasteiger partial charge < -0.3 is 10.5 Å². The normalized spacial score (nSPS) is 13.1. The highest BCUT2D eigenvalue weighted by Gasteiger charge is 2.24. The fourth-order valence-electron chi connectivity index (χ4n) is 1.35. The van der Waals surface area contributed by atoms with Crippen LogP contribution in [0.15, 0.2) is 21.5 Å². The minimum Gasteiger partial charge on any atom is -0.478 e. The highest BCUT2D eigenvalue weighted by Crippen LogP contribution is 2.35. The third-order valence-corrected chi connectivity index (χ3v) is 3.88. The van der Waals surface area contributed by atoms with Crippen molar-refractivity contribution in [3.05, 3.63) is 21.6 Å². The Bertz CT molecular complexity index is 606. The Morgan fingerprint density at radius 2 is 2.11 bits per heavy atom. The van der Waals surface area contributed by atoms with Crippen LogP contribution < -0.4 is 15.6 Å². The zero-order chi connectivity index (χ0) is 14.8. The van der Waals surface area contributed by atoms with E-state index in [0.717, 1.165) is 0 Å². The maximum absolute atomic E-state index is 11.5. The number of halogens is 2. The second-order valence-electron chi connectivity index (χ2n) is 3.68. The Morgan fingerprint density at radius 3 is 2.53 bits per heavy atom. The molecule has 0 bridgehead atoms. The lowest BCUT2D eigenvalue weighted by Gasteiger charge is -2.17. The van der Waals surface area contributed by atoms with Crippen LogP contribution in [0.2, 0.25) is 5.02 Å². The van der Waals surface area contributed by atoms with Crippen LogP contribution in [0.3, 0.4) is 0 Å². The SMILES string of the molecule is CCC(Oc1c(Cl)cc(Br)cc1S(N)(=O)=O)C(N)=O. The lowest BCUT2D eigenvalue weighted by atomic mass is 10.2. The summed E-state index contributed by atoms with van der Waals surface area (Å²) in [5.74, 6) is -0.903. The third kappa shape index (κ3) is 4.07. The van der Waals surface area contributed by atoms with Crippen molar-refractivity contribution in [3.8, 4) is 5.75 Å². The van der Waals surface area contributed by atoms with Gasteiger partial charge in [0, 0.05) is 4.47 Å². The van der Waals surface area contributed by atoms with Gasteiger partial charge in [0.2, 0.25) is 10.0 Å². The van der Waals surface area contributed by atoms with Gasteiger partial charge in [0.15, 0.2) is 11.9 Å². The molecule has 1 unspecified atom stereocenters. The van der Waals surface area contributed by atoms with Gasteiger partial charge in [-0.3, -0.25) is 4.79 Å². The van der Waals surface area contributed by atoms with Crippen molar-refractivity contribution >= 4 is 43.5 Å². The molecule has 0 heterocycles. The molecule has 1 aromatic rings. The van der Waals surface area contributed by atoms with Crippen LogP contribution in [-0.4, -0.2) is 20.4 Å². The number of sulfonamides is 1. The average molecular weight is 372 g/mol. The van der Waals surface area contributed by atoms with Crippen LogP contribution in [0, 0.1) is 0 Å². The Balaban J connectivity index is 3.38. The smallest absolute Gasteiger partial charge is 0.258 e. The van der Waals surface area contributed by atoms with Crippen LogP contribution in [0.4, 0.5) is 0 Å². The number of primary amides is 1. The number of ether oxygens (including phenoxy) is 1. The molecule has 1 amide bonds. The summed E-state index contributed by atoms with van der Waals surface area (Å²) in [6.07, 6.45) is -0.717. The molecule has 0 saturated heterocycles. The maximum Gasteiger partial charge on any atom is 0.258 e. The molecule has 0 aliphatic heterocycles. The molecule has 0 saturated carbocycles. The monoisotopic (exact) mass is 370 g/mol. The van der Waals surface area contributed by atoms with Gasteiger partial charge in [0.25, 0.3) is 5.91 Å². The molecule has 0 spiro atoms. The van der Waals surface area contributed by atoms with Crippen LogP contribution in [0.5, 0.6) is 5.75 Å². The summed E-state index contributed by atoms with van der Waals surface area (Å²) in [7, 11) is -4.05. The Hall–Kier alpha value is -0.830. The number of benzene rings is 1. The molecular weight excluding hydrogens is 360 g/mol. The summed E-state index contributed by atoms with van der Waals surface area (Å²) < 4.78 is 28.7. The van der Waals surface area contributed by atoms with Gasteiger partial charge in [0.1, 0.15) is 4.90 Å². The summed E-state index contributed by atoms with van der Waals surface area (Å²) in [5, 5.41) is 5.10. The van der Waals surface area contributed by atoms with Gasteiger partial charge >= 0.3 is 0 Å². The van der Waals surface area contributed by atoms with Crippen molar-refractivity contribution in [2.75, 3.05) is 0 Å². The van der Waals surface area contributed by atoms with Crippen molar-refractivity contribution in [1.29, 1.82) is 0 Å². The van der Waals surface area contributed by atoms with Crippen molar-refractivity contribution in [2.24, 2.45) is 10.9 Å². The van der Waals surface area contributed by atoms with Gasteiger partial charge in [0.05, 0.1) is 5.02 Å². The first-order valence-corrected chi connectivity index (χ1v) is 7.86. The van der Waals surface area contributed by atoms with Gasteiger partial charge in [-0.15, -0.1) is 0 Å². The van der Waals surface area contributed by atoms with Crippen molar-refractivity contribution in [2.45, 2.75) is 24.3 Å². The Morgan fingerprint density at radius 1 is 1.53 bits per heavy atom. The van der Waals surface area contributed by atoms with Gasteiger partial charge in [-0.05, 0) is 18.6 Å². The molecular formula is C10H12BrClN2O4S. The second kappa shape index (κ2) is 6.08. The van der Waals surface area contributed by atoms with Crippen molar-refractivity contribution in [1.82, 2.24) is 0 Å². The summed E-state index contributed by atoms with van der Waals surface area (Å²) in [6, 6.07) is 2.67. The molecule has 1 rings (SSSR count). The average Bonchev–Trinajstić information content (AvgIpc) is 2.25. The van der Waals surface area contributed by atoms with E-state index in [9.17, 15) is 13.2 Å². The number of carbonyl (C=O) groups excluding carboxylic acids is 1. The molecule has 0 aromatic heterocycles. The largest absolute Gasteiger partial charge is 0.478 e. The third-order valence-electron chi connectivity index (χ3n) is 2.23. The summed E-state index contributed by atoms with van der Waals surface area (Å²) in [4.78, 5) is 10.8. The zero-order valence-electron chi connectivity index (χ0n) is 9.89. The number of amides is 1. The standard InChI is InChI=1S/C10H12BrClN2O4S/c1-2-7(10(13)15)18-9-6(12)3-5(11)4-8(9)19(14,16)17/h3-4,7H,2H2,1H3,(H2,13,15)(H2,14,16,17). The number of hydrogen-bond acceptors (Lipinski definition) is 4. The Labute approximate surface area is 124 Å². The second-order valence-corrected chi connectivity index (χ2v) is 6.53. The first-order chi connectivity index (χ1) is 8.66. The van der Waals surface area contributed by atoms with E-state index in [0.29, 0.717) is 4.47 Å². The topological polar surface area (TPSA) is 112 Å². The molecule has 0 fully saturated rings. The molecule has 1 aromatic carbocycles. The van der Waals surface area contributed by atoms with Crippen LogP contribution in [-0.2, 0) is 14.8 Å². The van der Waals surface area contributed by atoms with Gasteiger partial charge in [-0.25, -0.2) is 13.6 Å². The minimum atomic E-state index is -4.05. The molecule has 9 heteroatoms. The van der Waals surface area contributed by atoms with E-state index in [2.05, 4.69) is 15.9 Å². The van der Waals surface area contributed by atoms with E-state index in [1.54, 1.807) is 6.92 Å². The van der Waals surface area contributed by atoms with Crippen LogP contribution in [0.1, 0.15) is 13.3 Å². The zero-order valence-corrected chi connectivity index (χ0v) is 13.0. The fraction of sp³-hybridized carbons (Fsp3) is 0.300. The molecule has 0 aliphatic rings. The number of hydrogen-bond donors (Lipinski definition) is 2. The quantitative estimate of drug-likeness (QED) is 0.814. The van der Waals surface area contributed by atoms with E-state index in [1.807, 2.05) is 0 Å². The number of carbonyl (C=O) groups is 1. The summed E-state index contributed by atoms with van der Waals surface area (Å²) in [6.45, 7) is 1.67. The predicted molar refractivity (Wildman–Crippen MR) is 74.4 cm³/mol. The van der Waals surface area contributed by atoms with Crippen molar-refractivity contribution < 1.29 is 17.9 Å². The molecule has 0 radical (unpaired) electrons. The van der Waals surface area contributed by atoms with Gasteiger partial charge in [-0.2, -0.15) is 0 Å². The van der Waals surface area contributed by atoms with Crippen LogP contribution in [0.25, 0.3) is 0 Å². The van der Waals surface area contributed by atoms with E-state index in [-0.39, 0.29) is 22.1 Å². The predicted octanol–water partition coefficient (Wildman–Crippen LogP) is 1.39. The molecule has 19 heavy (non-hydrogen) atoms. The maximum atomic E-state index is 11.5. The molecule has 0 aliphatic carbocycles. The lowest BCUT2D eigenvalue weighted by molar-refractivity contribution is -0.124. The fourth-order valence-corrected chi connectivity index (χ4v) is 3.12. The molecule has 4 N–H and O–H groups in total. The molecule has 106 valence electrons. The van der Waals surface area contributed by atoms with Gasteiger partial charge in [-0.1, -0.05) is 34.5 Å². The van der Waals surface area contributed by atoms with E-state index >= 15 is 0 Å². The first-order valence-electron chi connectivity index (χ1n) is 5.14. The highest BCUT2D eigenvalue weighted by molar-refractivity contribution is 9.10. The summed E-state index contributed by atoms with van der Waals surface area (Å²) in [5.41, 5.74) is 5.14. The Kier molecular flexibility index (Phi) is 5.19. The van der Waals surface area contributed by atoms with E-state index < -0.39 is 22.0 Å². The number of rotatable bonds is 5. The highest BCUT2D eigenvalue weighted by atomic mass is 79.9.